The average molecular weight is 393 g/mol. The van der Waals surface area contributed by atoms with Crippen LogP contribution in [0.1, 0.15) is 25.7 Å². The number of pyridine rings is 1. The Labute approximate surface area is 168 Å². The van der Waals surface area contributed by atoms with E-state index in [1.165, 1.54) is 6.07 Å². The standard InChI is InChI=1S/C22H24FN5O/c23-17-8-2-1-7-16(17)20-24-18-9-10-19(25-21(18)26-20)28-13-5-6-15(14-28)22(29)27-11-3-4-12-27/h1-2,7-10,15H,3-6,11-14H2,(H,24,25,26). The van der Waals surface area contributed by atoms with E-state index in [4.69, 9.17) is 4.98 Å². The highest BCUT2D eigenvalue weighted by Crippen LogP contribution is 2.27. The number of halogens is 1. The third kappa shape index (κ3) is 3.45. The molecule has 1 unspecified atom stereocenters. The minimum Gasteiger partial charge on any atom is -0.356 e. The largest absolute Gasteiger partial charge is 0.356 e. The number of nitrogens with zero attached hydrogens (tertiary/aromatic N) is 4. The molecule has 0 bridgehead atoms. The molecule has 0 spiro atoms. The topological polar surface area (TPSA) is 65.1 Å². The van der Waals surface area contributed by atoms with Crippen molar-refractivity contribution in [3.05, 3.63) is 42.2 Å². The van der Waals surface area contributed by atoms with Crippen molar-refractivity contribution in [2.24, 2.45) is 5.92 Å². The van der Waals surface area contributed by atoms with Crippen molar-refractivity contribution in [1.82, 2.24) is 19.9 Å². The maximum atomic E-state index is 14.1. The summed E-state index contributed by atoms with van der Waals surface area (Å²) in [4.78, 5) is 29.4. The first kappa shape index (κ1) is 18.1. The maximum absolute atomic E-state index is 14.1. The molecule has 0 aliphatic carbocycles. The summed E-state index contributed by atoms with van der Waals surface area (Å²) < 4.78 is 14.1. The minimum atomic E-state index is -0.314. The predicted molar refractivity (Wildman–Crippen MR) is 110 cm³/mol. The number of imidazole rings is 1. The van der Waals surface area contributed by atoms with Crippen LogP contribution in [0, 0.1) is 11.7 Å². The quantitative estimate of drug-likeness (QED) is 0.738. The third-order valence-corrected chi connectivity index (χ3v) is 5.97. The van der Waals surface area contributed by atoms with Gasteiger partial charge in [-0.1, -0.05) is 12.1 Å². The molecule has 1 atom stereocenters. The number of aromatic amines is 1. The number of amides is 1. The van der Waals surface area contributed by atoms with Crippen LogP contribution >= 0.6 is 0 Å². The Morgan fingerprint density at radius 3 is 2.69 bits per heavy atom. The van der Waals surface area contributed by atoms with E-state index in [2.05, 4.69) is 14.9 Å². The Balaban J connectivity index is 1.38. The number of carbonyl (C=O) groups excluding carboxylic acids is 1. The summed E-state index contributed by atoms with van der Waals surface area (Å²) in [7, 11) is 0. The highest BCUT2D eigenvalue weighted by atomic mass is 19.1. The average Bonchev–Trinajstić information content (AvgIpc) is 3.43. The fraction of sp³-hybridized carbons (Fsp3) is 0.409. The molecule has 2 aliphatic heterocycles. The Morgan fingerprint density at radius 1 is 1.03 bits per heavy atom. The second kappa shape index (κ2) is 7.46. The molecule has 2 saturated heterocycles. The van der Waals surface area contributed by atoms with Crippen molar-refractivity contribution in [2.75, 3.05) is 31.1 Å². The normalized spacial score (nSPS) is 19.8. The summed E-state index contributed by atoms with van der Waals surface area (Å²) in [5.74, 6) is 1.31. The lowest BCUT2D eigenvalue weighted by Gasteiger charge is -2.34. The molecule has 150 valence electrons. The molecule has 6 nitrogen and oxygen atoms in total. The highest BCUT2D eigenvalue weighted by Gasteiger charge is 2.31. The lowest BCUT2D eigenvalue weighted by Crippen LogP contribution is -2.44. The first-order chi connectivity index (χ1) is 14.2. The summed E-state index contributed by atoms with van der Waals surface area (Å²) in [6, 6.07) is 10.5. The van der Waals surface area contributed by atoms with Gasteiger partial charge in [0, 0.05) is 26.2 Å². The Bertz CT molecular complexity index is 1040. The monoisotopic (exact) mass is 393 g/mol. The molecule has 0 radical (unpaired) electrons. The lowest BCUT2D eigenvalue weighted by molar-refractivity contribution is -0.134. The SMILES string of the molecule is O=C(C1CCCN(c2ccc3[nH]c(-c4ccccc4F)nc3n2)C1)N1CCCC1. The molecule has 3 aromatic rings. The van der Waals surface area contributed by atoms with Crippen LogP contribution in [-0.2, 0) is 4.79 Å². The summed E-state index contributed by atoms with van der Waals surface area (Å²) in [6.07, 6.45) is 4.15. The minimum absolute atomic E-state index is 0.0347. The second-order valence-electron chi connectivity index (χ2n) is 7.92. The fourth-order valence-electron chi connectivity index (χ4n) is 4.42. The van der Waals surface area contributed by atoms with Gasteiger partial charge in [-0.05, 0) is 49.9 Å². The number of H-pyrrole nitrogens is 1. The van der Waals surface area contributed by atoms with Gasteiger partial charge < -0.3 is 14.8 Å². The van der Waals surface area contributed by atoms with Crippen LogP contribution in [0.4, 0.5) is 10.2 Å². The number of anilines is 1. The van der Waals surface area contributed by atoms with Crippen molar-refractivity contribution in [3.63, 3.8) is 0 Å². The van der Waals surface area contributed by atoms with E-state index < -0.39 is 0 Å². The van der Waals surface area contributed by atoms with E-state index in [0.717, 1.165) is 56.7 Å². The van der Waals surface area contributed by atoms with Crippen LogP contribution in [0.2, 0.25) is 0 Å². The van der Waals surface area contributed by atoms with E-state index in [1.807, 2.05) is 17.0 Å². The number of hydrogen-bond donors (Lipinski definition) is 1. The molecule has 29 heavy (non-hydrogen) atoms. The van der Waals surface area contributed by atoms with Gasteiger partial charge in [-0.3, -0.25) is 4.79 Å². The molecular formula is C22H24FN5O. The van der Waals surface area contributed by atoms with Crippen LogP contribution in [0.15, 0.2) is 36.4 Å². The van der Waals surface area contributed by atoms with Crippen molar-refractivity contribution in [1.29, 1.82) is 0 Å². The number of piperidine rings is 1. The number of carbonyl (C=O) groups is 1. The number of rotatable bonds is 3. The molecule has 1 N–H and O–H groups in total. The molecule has 2 aliphatic rings. The van der Waals surface area contributed by atoms with E-state index in [1.54, 1.807) is 18.2 Å². The van der Waals surface area contributed by atoms with Gasteiger partial charge in [-0.2, -0.15) is 0 Å². The zero-order valence-corrected chi connectivity index (χ0v) is 16.3. The molecule has 5 rings (SSSR count). The molecule has 1 aromatic carbocycles. The Morgan fingerprint density at radius 2 is 1.86 bits per heavy atom. The molecule has 2 fully saturated rings. The number of fused-ring (bicyclic) bond motifs is 1. The van der Waals surface area contributed by atoms with E-state index in [9.17, 15) is 9.18 Å². The van der Waals surface area contributed by atoms with E-state index in [-0.39, 0.29) is 17.6 Å². The van der Waals surface area contributed by atoms with Crippen molar-refractivity contribution in [2.45, 2.75) is 25.7 Å². The van der Waals surface area contributed by atoms with Gasteiger partial charge >= 0.3 is 0 Å². The highest BCUT2D eigenvalue weighted by molar-refractivity contribution is 5.81. The van der Waals surface area contributed by atoms with E-state index >= 15 is 0 Å². The maximum Gasteiger partial charge on any atom is 0.227 e. The third-order valence-electron chi connectivity index (χ3n) is 5.97. The second-order valence-corrected chi connectivity index (χ2v) is 7.92. The summed E-state index contributed by atoms with van der Waals surface area (Å²) in [5, 5.41) is 0. The number of likely N-dealkylation sites (tertiary alicyclic amines) is 1. The van der Waals surface area contributed by atoms with Gasteiger partial charge in [0.15, 0.2) is 5.65 Å². The summed E-state index contributed by atoms with van der Waals surface area (Å²) >= 11 is 0. The van der Waals surface area contributed by atoms with Gasteiger partial charge in [0.05, 0.1) is 17.0 Å². The first-order valence-electron chi connectivity index (χ1n) is 10.3. The number of nitrogens with one attached hydrogen (secondary N) is 1. The molecule has 1 amide bonds. The zero-order valence-electron chi connectivity index (χ0n) is 16.3. The van der Waals surface area contributed by atoms with Crippen molar-refractivity contribution in [3.8, 4) is 11.4 Å². The molecular weight excluding hydrogens is 369 g/mol. The molecule has 7 heteroatoms. The van der Waals surface area contributed by atoms with Crippen molar-refractivity contribution >= 4 is 22.9 Å². The van der Waals surface area contributed by atoms with Gasteiger partial charge in [0.2, 0.25) is 5.91 Å². The molecule has 4 heterocycles. The van der Waals surface area contributed by atoms with Crippen LogP contribution < -0.4 is 4.90 Å². The summed E-state index contributed by atoms with van der Waals surface area (Å²) in [5.41, 5.74) is 1.77. The van der Waals surface area contributed by atoms with Crippen LogP contribution in [0.5, 0.6) is 0 Å². The number of benzene rings is 1. The predicted octanol–water partition coefficient (Wildman–Crippen LogP) is 3.60. The van der Waals surface area contributed by atoms with Crippen LogP contribution in [-0.4, -0.2) is 51.9 Å². The Hall–Kier alpha value is -2.96. The fourth-order valence-corrected chi connectivity index (χ4v) is 4.42. The first-order valence-corrected chi connectivity index (χ1v) is 10.3. The molecule has 2 aromatic heterocycles. The smallest absolute Gasteiger partial charge is 0.227 e. The van der Waals surface area contributed by atoms with Gasteiger partial charge in [0.25, 0.3) is 0 Å². The summed E-state index contributed by atoms with van der Waals surface area (Å²) in [6.45, 7) is 3.36. The van der Waals surface area contributed by atoms with Crippen LogP contribution in [0.3, 0.4) is 0 Å². The van der Waals surface area contributed by atoms with Crippen LogP contribution in [0.25, 0.3) is 22.6 Å². The lowest BCUT2D eigenvalue weighted by atomic mass is 9.96. The number of hydrogen-bond acceptors (Lipinski definition) is 4. The van der Waals surface area contributed by atoms with E-state index in [0.29, 0.717) is 23.6 Å². The zero-order chi connectivity index (χ0) is 19.8. The van der Waals surface area contributed by atoms with Gasteiger partial charge in [0.1, 0.15) is 17.5 Å². The van der Waals surface area contributed by atoms with Gasteiger partial charge in [-0.15, -0.1) is 0 Å². The van der Waals surface area contributed by atoms with Crippen molar-refractivity contribution < 1.29 is 9.18 Å². The van der Waals surface area contributed by atoms with Gasteiger partial charge in [-0.25, -0.2) is 14.4 Å². The molecule has 0 saturated carbocycles. The Kier molecular flexibility index (Phi) is 4.66. The number of aromatic nitrogens is 3.